The molecule has 0 saturated carbocycles. The average Bonchev–Trinajstić information content (AvgIpc) is 3.41. The molecule has 7 heteroatoms. The summed E-state index contributed by atoms with van der Waals surface area (Å²) < 4.78 is 24.3. The monoisotopic (exact) mass is 407 g/mol. The minimum atomic E-state index is 0.0990. The van der Waals surface area contributed by atoms with Gasteiger partial charge in [-0.15, -0.1) is 0 Å². The van der Waals surface area contributed by atoms with Gasteiger partial charge in [-0.05, 0) is 37.4 Å². The second-order valence-corrected chi connectivity index (χ2v) is 7.62. The number of hydrogen-bond acceptors (Lipinski definition) is 6. The zero-order chi connectivity index (χ0) is 20.3. The van der Waals surface area contributed by atoms with E-state index in [-0.39, 0.29) is 12.9 Å². The molecule has 156 valence electrons. The third-order valence-corrected chi connectivity index (χ3v) is 5.30. The van der Waals surface area contributed by atoms with Gasteiger partial charge >= 0.3 is 0 Å². The van der Waals surface area contributed by atoms with Gasteiger partial charge in [0.25, 0.3) is 0 Å². The first-order chi connectivity index (χ1) is 14.8. The first-order valence-electron chi connectivity index (χ1n) is 10.2. The quantitative estimate of drug-likeness (QED) is 0.626. The molecule has 1 aromatic heterocycles. The van der Waals surface area contributed by atoms with E-state index >= 15 is 0 Å². The number of hydrogen-bond donors (Lipinski definition) is 0. The van der Waals surface area contributed by atoms with Crippen molar-refractivity contribution >= 4 is 0 Å². The van der Waals surface area contributed by atoms with Crippen molar-refractivity contribution in [3.05, 3.63) is 60.3 Å². The first kappa shape index (κ1) is 19.1. The van der Waals surface area contributed by atoms with Gasteiger partial charge in [0.05, 0.1) is 37.3 Å². The van der Waals surface area contributed by atoms with Crippen LogP contribution in [0.3, 0.4) is 0 Å². The lowest BCUT2D eigenvalue weighted by atomic mass is 10.1. The minimum absolute atomic E-state index is 0.0990. The molecule has 2 aromatic carbocycles. The van der Waals surface area contributed by atoms with E-state index in [1.807, 2.05) is 41.1 Å². The number of ether oxygens (including phenoxy) is 4. The van der Waals surface area contributed by atoms with Gasteiger partial charge in [-0.3, -0.25) is 4.90 Å². The Bertz CT molecular complexity index is 999. The Morgan fingerprint density at radius 3 is 2.77 bits per heavy atom. The molecule has 7 nitrogen and oxygen atoms in total. The molecule has 2 aliphatic heterocycles. The Morgan fingerprint density at radius 1 is 1.07 bits per heavy atom. The lowest BCUT2D eigenvalue weighted by Crippen LogP contribution is -2.38. The molecular formula is C23H25N3O4. The SMILES string of the molecule is CN(Cc1cn(-c2ccccc2)nc1-c1ccc2c(c1)OCO2)CC1COCCO1. The summed E-state index contributed by atoms with van der Waals surface area (Å²) in [7, 11) is 2.10. The fourth-order valence-electron chi connectivity index (χ4n) is 3.87. The zero-order valence-electron chi connectivity index (χ0n) is 17.0. The highest BCUT2D eigenvalue weighted by Gasteiger charge is 2.21. The van der Waals surface area contributed by atoms with Gasteiger partial charge in [-0.2, -0.15) is 5.10 Å². The number of fused-ring (bicyclic) bond motifs is 1. The topological polar surface area (TPSA) is 58.0 Å². The number of benzene rings is 2. The first-order valence-corrected chi connectivity index (χ1v) is 10.2. The molecule has 0 radical (unpaired) electrons. The summed E-state index contributed by atoms with van der Waals surface area (Å²) in [5, 5.41) is 4.91. The predicted octanol–water partition coefficient (Wildman–Crippen LogP) is 3.12. The van der Waals surface area contributed by atoms with Crippen molar-refractivity contribution in [3.63, 3.8) is 0 Å². The summed E-state index contributed by atoms with van der Waals surface area (Å²) in [5.74, 6) is 1.53. The normalized spacial score (nSPS) is 18.1. The molecule has 30 heavy (non-hydrogen) atoms. The van der Waals surface area contributed by atoms with Crippen LogP contribution in [0.5, 0.6) is 11.5 Å². The molecule has 3 aromatic rings. The second-order valence-electron chi connectivity index (χ2n) is 7.62. The van der Waals surface area contributed by atoms with E-state index in [4.69, 9.17) is 24.0 Å². The van der Waals surface area contributed by atoms with Crippen LogP contribution in [0.1, 0.15) is 5.56 Å². The highest BCUT2D eigenvalue weighted by Crippen LogP contribution is 2.36. The Balaban J connectivity index is 1.44. The van der Waals surface area contributed by atoms with Gasteiger partial charge in [0.2, 0.25) is 6.79 Å². The lowest BCUT2D eigenvalue weighted by Gasteiger charge is -2.27. The van der Waals surface area contributed by atoms with Crippen molar-refractivity contribution in [1.82, 2.24) is 14.7 Å². The second kappa shape index (κ2) is 8.47. The highest BCUT2D eigenvalue weighted by atomic mass is 16.7. The molecule has 1 unspecified atom stereocenters. The highest BCUT2D eigenvalue weighted by molar-refractivity contribution is 5.67. The van der Waals surface area contributed by atoms with Crippen molar-refractivity contribution in [2.45, 2.75) is 12.6 Å². The number of likely N-dealkylation sites (N-methyl/N-ethyl adjacent to an activating group) is 1. The van der Waals surface area contributed by atoms with Crippen molar-refractivity contribution in [3.8, 4) is 28.4 Å². The number of aromatic nitrogens is 2. The smallest absolute Gasteiger partial charge is 0.231 e. The van der Waals surface area contributed by atoms with Crippen LogP contribution in [-0.4, -0.2) is 61.0 Å². The molecule has 0 aliphatic carbocycles. The van der Waals surface area contributed by atoms with E-state index in [9.17, 15) is 0 Å². The maximum atomic E-state index is 5.81. The van der Waals surface area contributed by atoms with E-state index in [0.717, 1.165) is 47.1 Å². The summed E-state index contributed by atoms with van der Waals surface area (Å²) in [6.45, 7) is 3.79. The fourth-order valence-corrected chi connectivity index (χ4v) is 3.87. The van der Waals surface area contributed by atoms with Gasteiger partial charge in [-0.1, -0.05) is 18.2 Å². The van der Waals surface area contributed by atoms with Crippen LogP contribution in [-0.2, 0) is 16.0 Å². The van der Waals surface area contributed by atoms with Crippen molar-refractivity contribution in [1.29, 1.82) is 0 Å². The Kier molecular flexibility index (Phi) is 5.40. The van der Waals surface area contributed by atoms with Crippen LogP contribution in [0, 0.1) is 0 Å². The Morgan fingerprint density at radius 2 is 1.93 bits per heavy atom. The van der Waals surface area contributed by atoms with Crippen molar-refractivity contribution in [2.24, 2.45) is 0 Å². The largest absolute Gasteiger partial charge is 0.454 e. The maximum absolute atomic E-state index is 5.81. The number of nitrogens with zero attached hydrogens (tertiary/aromatic N) is 3. The maximum Gasteiger partial charge on any atom is 0.231 e. The van der Waals surface area contributed by atoms with Crippen LogP contribution in [0.2, 0.25) is 0 Å². The minimum Gasteiger partial charge on any atom is -0.454 e. The van der Waals surface area contributed by atoms with Gasteiger partial charge in [0.1, 0.15) is 0 Å². The summed E-state index contributed by atoms with van der Waals surface area (Å²) >= 11 is 0. The molecule has 1 atom stereocenters. The molecule has 1 saturated heterocycles. The summed E-state index contributed by atoms with van der Waals surface area (Å²) in [5.41, 5.74) is 4.11. The molecule has 1 fully saturated rings. The summed E-state index contributed by atoms with van der Waals surface area (Å²) in [6, 6.07) is 16.1. The van der Waals surface area contributed by atoms with Crippen LogP contribution in [0.15, 0.2) is 54.7 Å². The van der Waals surface area contributed by atoms with Gasteiger partial charge in [-0.25, -0.2) is 4.68 Å². The molecule has 0 bridgehead atoms. The summed E-state index contributed by atoms with van der Waals surface area (Å²) in [4.78, 5) is 2.25. The molecular weight excluding hydrogens is 382 g/mol. The number of rotatable bonds is 6. The molecule has 0 spiro atoms. The molecule has 0 N–H and O–H groups in total. The van der Waals surface area contributed by atoms with Gasteiger partial charge in [0.15, 0.2) is 11.5 Å². The fraction of sp³-hybridized carbons (Fsp3) is 0.348. The van der Waals surface area contributed by atoms with E-state index in [2.05, 4.69) is 30.3 Å². The van der Waals surface area contributed by atoms with Crippen LogP contribution >= 0.6 is 0 Å². The van der Waals surface area contributed by atoms with Gasteiger partial charge < -0.3 is 18.9 Å². The predicted molar refractivity (Wildman–Crippen MR) is 112 cm³/mol. The van der Waals surface area contributed by atoms with E-state index in [0.29, 0.717) is 19.8 Å². The van der Waals surface area contributed by atoms with Crippen LogP contribution in [0.4, 0.5) is 0 Å². The third-order valence-electron chi connectivity index (χ3n) is 5.30. The van der Waals surface area contributed by atoms with Gasteiger partial charge in [0, 0.05) is 30.4 Å². The zero-order valence-corrected chi connectivity index (χ0v) is 17.0. The van der Waals surface area contributed by atoms with Crippen molar-refractivity contribution in [2.75, 3.05) is 40.2 Å². The summed E-state index contributed by atoms with van der Waals surface area (Å²) in [6.07, 6.45) is 2.20. The molecule has 2 aliphatic rings. The Labute approximate surface area is 175 Å². The van der Waals surface area contributed by atoms with Crippen molar-refractivity contribution < 1.29 is 18.9 Å². The standard InChI is InChI=1S/C23H25N3O4/c1-25(14-20-15-27-9-10-28-20)12-18-13-26(19-5-3-2-4-6-19)24-23(18)17-7-8-21-22(11-17)30-16-29-21/h2-8,11,13,20H,9-10,12,14-16H2,1H3. The number of para-hydroxylation sites is 1. The Hall–Kier alpha value is -2.87. The van der Waals surface area contributed by atoms with Crippen LogP contribution in [0.25, 0.3) is 16.9 Å². The molecule has 3 heterocycles. The average molecular weight is 407 g/mol. The molecule has 5 rings (SSSR count). The third kappa shape index (κ3) is 4.05. The van der Waals surface area contributed by atoms with Crippen LogP contribution < -0.4 is 9.47 Å². The molecule has 0 amide bonds. The van der Waals surface area contributed by atoms with E-state index in [1.165, 1.54) is 0 Å². The van der Waals surface area contributed by atoms with E-state index < -0.39 is 0 Å². The van der Waals surface area contributed by atoms with E-state index in [1.54, 1.807) is 0 Å². The lowest BCUT2D eigenvalue weighted by molar-refractivity contribution is -0.0962.